The first kappa shape index (κ1) is 29.0. The minimum atomic E-state index is -1.96. The lowest BCUT2D eigenvalue weighted by molar-refractivity contribution is 0.0695. The molecule has 220 valence electrons. The first-order valence-electron chi connectivity index (χ1n) is 12.3. The number of phenols is 1. The molecular formula is C27H21F2N7O6S. The number of rotatable bonds is 9. The highest BCUT2D eigenvalue weighted by molar-refractivity contribution is 7.84. The van der Waals surface area contributed by atoms with Gasteiger partial charge in [0, 0.05) is 36.4 Å². The van der Waals surface area contributed by atoms with Crippen molar-refractivity contribution in [3.05, 3.63) is 83.3 Å². The quantitative estimate of drug-likeness (QED) is 0.123. The largest absolute Gasteiger partial charge is 0.504 e. The molecule has 43 heavy (non-hydrogen) atoms. The van der Waals surface area contributed by atoms with Crippen molar-refractivity contribution in [2.75, 3.05) is 20.1 Å². The molecule has 0 spiro atoms. The summed E-state index contributed by atoms with van der Waals surface area (Å²) in [5.74, 6) is -6.04. The molecule has 1 aliphatic heterocycles. The first-order chi connectivity index (χ1) is 20.5. The van der Waals surface area contributed by atoms with E-state index in [1.54, 1.807) is 11.9 Å². The van der Waals surface area contributed by atoms with Crippen LogP contribution in [-0.4, -0.2) is 72.1 Å². The summed E-state index contributed by atoms with van der Waals surface area (Å²) in [6, 6.07) is 7.88. The van der Waals surface area contributed by atoms with Gasteiger partial charge < -0.3 is 30.3 Å². The van der Waals surface area contributed by atoms with Crippen molar-refractivity contribution in [2.24, 2.45) is 10.7 Å². The lowest BCUT2D eigenvalue weighted by atomic mass is 10.1. The van der Waals surface area contributed by atoms with E-state index < -0.39 is 45.8 Å². The molecule has 0 fully saturated rings. The Morgan fingerprint density at radius 3 is 2.44 bits per heavy atom. The van der Waals surface area contributed by atoms with Crippen LogP contribution in [0.1, 0.15) is 21.5 Å². The number of carboxylic acid groups (broad SMARTS) is 1. The van der Waals surface area contributed by atoms with Crippen LogP contribution in [0.5, 0.6) is 28.9 Å². The monoisotopic (exact) mass is 609 g/mol. The van der Waals surface area contributed by atoms with E-state index in [-0.39, 0.29) is 44.1 Å². The number of aromatic carboxylic acids is 1. The van der Waals surface area contributed by atoms with Crippen molar-refractivity contribution < 1.29 is 37.5 Å². The summed E-state index contributed by atoms with van der Waals surface area (Å²) in [7, 11) is -0.213. The highest BCUT2D eigenvalue weighted by atomic mass is 32.2. The number of phenolic OH excluding ortho intramolecular Hbond substituents is 1. The van der Waals surface area contributed by atoms with Gasteiger partial charge in [-0.2, -0.15) is 4.39 Å². The Kier molecular flexibility index (Phi) is 7.94. The Hall–Kier alpha value is -5.51. The Morgan fingerprint density at radius 2 is 1.79 bits per heavy atom. The number of nitrogen functional groups attached to an aromatic ring is 1. The maximum absolute atomic E-state index is 15.6. The van der Waals surface area contributed by atoms with Crippen LogP contribution in [0.3, 0.4) is 0 Å². The maximum Gasteiger partial charge on any atom is 0.338 e. The molecule has 5 N–H and O–H groups in total. The van der Waals surface area contributed by atoms with Crippen molar-refractivity contribution in [3.63, 3.8) is 0 Å². The summed E-state index contributed by atoms with van der Waals surface area (Å²) in [6.45, 7) is 0.970. The predicted octanol–water partition coefficient (Wildman–Crippen LogP) is 3.28. The molecule has 0 saturated heterocycles. The molecule has 0 amide bonds. The Morgan fingerprint density at radius 1 is 1.05 bits per heavy atom. The van der Waals surface area contributed by atoms with Crippen molar-refractivity contribution in [2.45, 2.75) is 10.1 Å². The number of carbonyl (C=O) groups is 1. The first-order valence-corrected chi connectivity index (χ1v) is 13.4. The summed E-state index contributed by atoms with van der Waals surface area (Å²) in [4.78, 5) is 28.9. The number of hydrogen-bond donors (Lipinski definition) is 4. The summed E-state index contributed by atoms with van der Waals surface area (Å²) in [6.07, 6.45) is 2.72. The van der Waals surface area contributed by atoms with Crippen LogP contribution < -0.4 is 15.2 Å². The summed E-state index contributed by atoms with van der Waals surface area (Å²) >= 11 is 0. The van der Waals surface area contributed by atoms with E-state index in [1.165, 1.54) is 36.4 Å². The van der Waals surface area contributed by atoms with Crippen molar-refractivity contribution >= 4 is 28.4 Å². The van der Waals surface area contributed by atoms with E-state index >= 15 is 4.39 Å². The van der Waals surface area contributed by atoms with Crippen LogP contribution in [0.15, 0.2) is 70.0 Å². The zero-order valence-electron chi connectivity index (χ0n) is 22.1. The van der Waals surface area contributed by atoms with Crippen molar-refractivity contribution in [3.8, 4) is 28.9 Å². The van der Waals surface area contributed by atoms with Gasteiger partial charge >= 0.3 is 5.97 Å². The second kappa shape index (κ2) is 11.8. The number of halogens is 2. The average molecular weight is 610 g/mol. The molecule has 16 heteroatoms. The maximum atomic E-state index is 15.6. The van der Waals surface area contributed by atoms with Crippen LogP contribution >= 0.6 is 0 Å². The highest BCUT2D eigenvalue weighted by Gasteiger charge is 2.26. The van der Waals surface area contributed by atoms with Gasteiger partial charge in [-0.1, -0.05) is 0 Å². The molecule has 2 aromatic heterocycles. The van der Waals surface area contributed by atoms with Crippen molar-refractivity contribution in [1.29, 1.82) is 5.41 Å². The molecule has 1 aliphatic rings. The van der Waals surface area contributed by atoms with E-state index in [4.69, 9.17) is 25.7 Å². The number of carboxylic acids is 1. The second-order valence-corrected chi connectivity index (χ2v) is 10.3. The smallest absolute Gasteiger partial charge is 0.338 e. The predicted molar refractivity (Wildman–Crippen MR) is 148 cm³/mol. The average Bonchev–Trinajstić information content (AvgIpc) is 3.42. The van der Waals surface area contributed by atoms with Gasteiger partial charge in [0.05, 0.1) is 23.9 Å². The van der Waals surface area contributed by atoms with E-state index in [0.29, 0.717) is 25.1 Å². The third-order valence-electron chi connectivity index (χ3n) is 6.09. The molecule has 2 aromatic carbocycles. The molecule has 0 saturated carbocycles. The number of aromatic hydroxyl groups is 1. The Balaban J connectivity index is 1.51. The van der Waals surface area contributed by atoms with Gasteiger partial charge in [-0.3, -0.25) is 10.4 Å². The van der Waals surface area contributed by atoms with E-state index in [9.17, 15) is 18.5 Å². The summed E-state index contributed by atoms with van der Waals surface area (Å²) in [5, 5.41) is 26.6. The summed E-state index contributed by atoms with van der Waals surface area (Å²) < 4.78 is 54.7. The van der Waals surface area contributed by atoms with E-state index in [1.807, 2.05) is 0 Å². The molecule has 4 aromatic rings. The number of aliphatic imine (C=N–C) groups is 1. The van der Waals surface area contributed by atoms with E-state index in [2.05, 4.69) is 19.9 Å². The topological polar surface area (TPSA) is 197 Å². The summed E-state index contributed by atoms with van der Waals surface area (Å²) in [5.41, 5.74) is 5.71. The number of likely N-dealkylation sites (N-methyl/N-ethyl adjacent to an activating group) is 1. The molecule has 5 rings (SSSR count). The Bertz CT molecular complexity index is 1820. The normalized spacial score (nSPS) is 13.4. The molecule has 3 heterocycles. The molecule has 0 radical (unpaired) electrons. The van der Waals surface area contributed by atoms with Gasteiger partial charge in [0.15, 0.2) is 17.3 Å². The number of hydrogen-bond acceptors (Lipinski definition) is 11. The minimum Gasteiger partial charge on any atom is -0.504 e. The van der Waals surface area contributed by atoms with Gasteiger partial charge in [-0.05, 0) is 36.4 Å². The molecule has 0 bridgehead atoms. The number of benzene rings is 2. The number of pyridine rings is 1. The second-order valence-electron chi connectivity index (χ2n) is 8.97. The van der Waals surface area contributed by atoms with Crippen LogP contribution in [0.25, 0.3) is 0 Å². The fraction of sp³-hybridized carbons (Fsp3) is 0.111. The molecule has 1 unspecified atom stereocenters. The standard InChI is InChI=1S/C27H21F2N7O6S/c1-36-7-6-32-24(36)16-9-15(43(40)27-34-10-14(11-35-27)26(38)39)3-5-19(16)41-22-17(28)12-33-25(21(22)29)42-20-8-13(23(30)31)2-4-18(20)37/h2-5,8-12,37H,6-7H2,1H3,(H3,30,31)(H,38,39). The number of nitrogens with two attached hydrogens (primary N) is 1. The molecular weight excluding hydrogens is 588 g/mol. The lowest BCUT2D eigenvalue weighted by Gasteiger charge is -2.19. The number of nitrogens with one attached hydrogen (secondary N) is 1. The van der Waals surface area contributed by atoms with Gasteiger partial charge in [-0.15, -0.1) is 0 Å². The van der Waals surface area contributed by atoms with Crippen LogP contribution in [0.2, 0.25) is 0 Å². The fourth-order valence-corrected chi connectivity index (χ4v) is 4.84. The SMILES string of the molecule is CN1CCN=C1c1cc(S(=O)c2ncc(C(=O)O)cn2)ccc1Oc1c(F)cnc(Oc2cc(C(=N)N)ccc2O)c1F. The van der Waals surface area contributed by atoms with Crippen LogP contribution in [0, 0.1) is 17.0 Å². The minimum absolute atomic E-state index is 0.0493. The van der Waals surface area contributed by atoms with Crippen molar-refractivity contribution in [1.82, 2.24) is 19.9 Å². The third-order valence-corrected chi connectivity index (χ3v) is 7.32. The molecule has 1 atom stereocenters. The fourth-order valence-electron chi connectivity index (χ4n) is 3.91. The zero-order valence-corrected chi connectivity index (χ0v) is 22.9. The van der Waals surface area contributed by atoms with Gasteiger partial charge in [0.1, 0.15) is 28.2 Å². The van der Waals surface area contributed by atoms with Crippen LogP contribution in [0.4, 0.5) is 8.78 Å². The number of ether oxygens (including phenoxy) is 2. The lowest BCUT2D eigenvalue weighted by Crippen LogP contribution is -2.24. The molecule has 0 aliphatic carbocycles. The number of amidine groups is 2. The number of nitrogens with zero attached hydrogens (tertiary/aromatic N) is 5. The van der Waals surface area contributed by atoms with Crippen LogP contribution in [-0.2, 0) is 10.8 Å². The Labute approximate surface area is 244 Å². The van der Waals surface area contributed by atoms with Gasteiger partial charge in [0.2, 0.25) is 16.7 Å². The van der Waals surface area contributed by atoms with Gasteiger partial charge in [0.25, 0.3) is 5.88 Å². The number of aromatic nitrogens is 3. The third kappa shape index (κ3) is 5.94. The zero-order chi connectivity index (χ0) is 30.8. The molecule has 13 nitrogen and oxygen atoms in total. The highest BCUT2D eigenvalue weighted by Crippen LogP contribution is 2.38. The van der Waals surface area contributed by atoms with Gasteiger partial charge in [-0.25, -0.2) is 28.3 Å². The van der Waals surface area contributed by atoms with E-state index in [0.717, 1.165) is 12.4 Å².